The van der Waals surface area contributed by atoms with Crippen molar-refractivity contribution in [2.24, 2.45) is 0 Å². The molecule has 0 amide bonds. The number of rotatable bonds is 2. The summed E-state index contributed by atoms with van der Waals surface area (Å²) in [7, 11) is 0. The highest BCUT2D eigenvalue weighted by Crippen LogP contribution is 1.83. The topological polar surface area (TPSA) is 40.5 Å². The van der Waals surface area contributed by atoms with E-state index in [-0.39, 0.29) is 13.5 Å². The minimum atomic E-state index is -0.683. The second kappa shape index (κ2) is 3.12. The van der Waals surface area contributed by atoms with Gasteiger partial charge in [0.1, 0.15) is 0 Å². The maximum absolute atomic E-state index is 8.49. The lowest BCUT2D eigenvalue weighted by molar-refractivity contribution is 0.0923. The van der Waals surface area contributed by atoms with Crippen molar-refractivity contribution in [2.45, 2.75) is 19.4 Å². The van der Waals surface area contributed by atoms with Gasteiger partial charge in [0.2, 0.25) is 0 Å². The highest BCUT2D eigenvalue weighted by atomic mass is 16.3. The van der Waals surface area contributed by atoms with Crippen molar-refractivity contribution in [3.05, 3.63) is 0 Å². The fourth-order valence-electron chi connectivity index (χ4n) is 0.0913. The number of hydrogen-bond acceptors (Lipinski definition) is 2. The average Bonchev–Trinajstić information content (AvgIpc) is 1.68. The van der Waals surface area contributed by atoms with E-state index in [0.717, 1.165) is 0 Å². The summed E-state index contributed by atoms with van der Waals surface area (Å²) in [6.45, 7) is -0.0411. The molecule has 38 valence electrons. The SMILES string of the molecule is [2H]CCC(O)CO. The Hall–Kier alpha value is -0.0800. The molecule has 0 heterocycles. The first-order valence-corrected chi connectivity index (χ1v) is 1.89. The molecule has 1 unspecified atom stereocenters. The van der Waals surface area contributed by atoms with E-state index in [1.807, 2.05) is 0 Å². The second-order valence-electron chi connectivity index (χ2n) is 1.13. The molecule has 2 N–H and O–H groups in total. The summed E-state index contributed by atoms with van der Waals surface area (Å²) in [4.78, 5) is 0. The Kier molecular flexibility index (Phi) is 2.13. The molecule has 1 atom stereocenters. The molecule has 0 saturated heterocycles. The van der Waals surface area contributed by atoms with Crippen molar-refractivity contribution in [3.8, 4) is 0 Å². The number of aliphatic hydroxyl groups is 2. The zero-order valence-corrected chi connectivity index (χ0v) is 3.59. The molecule has 6 heavy (non-hydrogen) atoms. The number of hydrogen-bond donors (Lipinski definition) is 2. The Morgan fingerprint density at radius 2 is 2.67 bits per heavy atom. The third kappa shape index (κ3) is 2.18. The van der Waals surface area contributed by atoms with E-state index in [9.17, 15) is 0 Å². The van der Waals surface area contributed by atoms with Gasteiger partial charge in [0.25, 0.3) is 0 Å². The molecule has 0 saturated carbocycles. The van der Waals surface area contributed by atoms with Crippen LogP contribution in [0.3, 0.4) is 0 Å². The molecule has 0 aliphatic carbocycles. The van der Waals surface area contributed by atoms with Crippen LogP contribution < -0.4 is 0 Å². The molecule has 2 nitrogen and oxygen atoms in total. The molecule has 0 aromatic rings. The summed E-state index contributed by atoms with van der Waals surface area (Å²) in [5.41, 5.74) is 0. The van der Waals surface area contributed by atoms with Gasteiger partial charge < -0.3 is 10.2 Å². The zero-order chi connectivity index (χ0) is 5.70. The smallest absolute Gasteiger partial charge is 0.0768 e. The summed E-state index contributed by atoms with van der Waals surface area (Å²) in [6, 6.07) is 0. The average molecular weight is 91.1 g/mol. The zero-order valence-electron chi connectivity index (χ0n) is 4.59. The third-order valence-corrected chi connectivity index (χ3v) is 0.544. The summed E-state index contributed by atoms with van der Waals surface area (Å²) >= 11 is 0. The van der Waals surface area contributed by atoms with Crippen LogP contribution in [0.4, 0.5) is 0 Å². The molecule has 2 heteroatoms. The minimum absolute atomic E-state index is 0.182. The van der Waals surface area contributed by atoms with Crippen molar-refractivity contribution in [3.63, 3.8) is 0 Å². The summed E-state index contributed by atoms with van der Waals surface area (Å²) in [6.07, 6.45) is -0.311. The molecule has 0 radical (unpaired) electrons. The van der Waals surface area contributed by atoms with E-state index >= 15 is 0 Å². The minimum Gasteiger partial charge on any atom is -0.394 e. The molecular formula is C4H10O2. The number of aliphatic hydroxyl groups excluding tert-OH is 2. The van der Waals surface area contributed by atoms with Gasteiger partial charge in [0.15, 0.2) is 0 Å². The fraction of sp³-hybridized carbons (Fsp3) is 1.00. The molecule has 0 aliphatic rings. The van der Waals surface area contributed by atoms with Crippen molar-refractivity contribution in [1.29, 1.82) is 0 Å². The van der Waals surface area contributed by atoms with E-state index in [1.165, 1.54) is 0 Å². The van der Waals surface area contributed by atoms with Crippen LogP contribution in [0.5, 0.6) is 0 Å². The molecule has 0 spiro atoms. The van der Waals surface area contributed by atoms with Crippen molar-refractivity contribution in [2.75, 3.05) is 6.61 Å². The van der Waals surface area contributed by atoms with Gasteiger partial charge in [-0.3, -0.25) is 0 Å². The van der Waals surface area contributed by atoms with Gasteiger partial charge in [-0.1, -0.05) is 6.90 Å². The van der Waals surface area contributed by atoms with Gasteiger partial charge in [-0.25, -0.2) is 0 Å². The lowest BCUT2D eigenvalue weighted by Crippen LogP contribution is -2.08. The summed E-state index contributed by atoms with van der Waals surface area (Å²) in [5, 5.41) is 16.6. The van der Waals surface area contributed by atoms with E-state index in [0.29, 0.717) is 6.42 Å². The van der Waals surface area contributed by atoms with Crippen LogP contribution >= 0.6 is 0 Å². The van der Waals surface area contributed by atoms with Gasteiger partial charge in [-0.2, -0.15) is 0 Å². The molecule has 0 aromatic heterocycles. The van der Waals surface area contributed by atoms with Gasteiger partial charge >= 0.3 is 0 Å². The van der Waals surface area contributed by atoms with Crippen molar-refractivity contribution >= 4 is 0 Å². The third-order valence-electron chi connectivity index (χ3n) is 0.544. The van der Waals surface area contributed by atoms with Crippen LogP contribution in [-0.4, -0.2) is 22.9 Å². The Labute approximate surface area is 38.8 Å². The molecule has 0 bridgehead atoms. The van der Waals surface area contributed by atoms with Crippen LogP contribution in [0.15, 0.2) is 0 Å². The van der Waals surface area contributed by atoms with Crippen LogP contribution in [-0.2, 0) is 0 Å². The molecule has 0 aromatic carbocycles. The molecule has 0 aliphatic heterocycles. The first-order chi connectivity index (χ1) is 3.31. The van der Waals surface area contributed by atoms with Crippen LogP contribution in [0.1, 0.15) is 14.7 Å². The summed E-state index contributed by atoms with van der Waals surface area (Å²) < 4.78 is 6.57. The molecular weight excluding hydrogens is 80.0 g/mol. The van der Waals surface area contributed by atoms with Crippen molar-refractivity contribution in [1.82, 2.24) is 0 Å². The van der Waals surface area contributed by atoms with E-state index in [1.54, 1.807) is 0 Å². The highest BCUT2D eigenvalue weighted by molar-refractivity contribution is 4.43. The van der Waals surface area contributed by atoms with Crippen molar-refractivity contribution < 1.29 is 11.6 Å². The van der Waals surface area contributed by atoms with E-state index in [4.69, 9.17) is 11.6 Å². The lowest BCUT2D eigenvalue weighted by atomic mass is 10.3. The van der Waals surface area contributed by atoms with Gasteiger partial charge in [-0.05, 0) is 6.42 Å². The molecule has 0 rings (SSSR count). The second-order valence-corrected chi connectivity index (χ2v) is 1.13. The summed E-state index contributed by atoms with van der Waals surface area (Å²) in [5.74, 6) is 0. The van der Waals surface area contributed by atoms with Gasteiger partial charge in [0.05, 0.1) is 12.7 Å². The Morgan fingerprint density at radius 1 is 2.00 bits per heavy atom. The quantitative estimate of drug-likeness (QED) is 0.492. The first kappa shape index (κ1) is 4.09. The van der Waals surface area contributed by atoms with E-state index < -0.39 is 6.10 Å². The monoisotopic (exact) mass is 91.1 g/mol. The van der Waals surface area contributed by atoms with Crippen LogP contribution in [0.25, 0.3) is 0 Å². The Morgan fingerprint density at radius 3 is 2.83 bits per heavy atom. The predicted octanol–water partition coefficient (Wildman–Crippen LogP) is -0.250. The van der Waals surface area contributed by atoms with Gasteiger partial charge in [-0.15, -0.1) is 0 Å². The maximum atomic E-state index is 8.49. The largest absolute Gasteiger partial charge is 0.394 e. The normalized spacial score (nSPS) is 16.7. The Bertz CT molecular complexity index is 40.7. The fourth-order valence-corrected chi connectivity index (χ4v) is 0.0913. The first-order valence-electron chi connectivity index (χ1n) is 2.60. The van der Waals surface area contributed by atoms with Gasteiger partial charge in [0, 0.05) is 1.37 Å². The van der Waals surface area contributed by atoms with Crippen LogP contribution in [0, 0.1) is 0 Å². The Balaban J connectivity index is 2.83. The maximum Gasteiger partial charge on any atom is 0.0768 e. The van der Waals surface area contributed by atoms with Crippen LogP contribution in [0.2, 0.25) is 0 Å². The lowest BCUT2D eigenvalue weighted by Gasteiger charge is -1.97. The highest BCUT2D eigenvalue weighted by Gasteiger charge is 1.92. The van der Waals surface area contributed by atoms with E-state index in [2.05, 4.69) is 0 Å². The predicted molar refractivity (Wildman–Crippen MR) is 23.4 cm³/mol. The molecule has 0 fully saturated rings. The standard InChI is InChI=1S/C4H10O2/c1-2-4(6)3-5/h4-6H,2-3H2,1H3/i1D.